The predicted octanol–water partition coefficient (Wildman–Crippen LogP) is 4.49. The van der Waals surface area contributed by atoms with Crippen LogP contribution in [-0.2, 0) is 19.9 Å². The lowest BCUT2D eigenvalue weighted by Gasteiger charge is -2.15. The quantitative estimate of drug-likeness (QED) is 0.434. The predicted molar refractivity (Wildman–Crippen MR) is 119 cm³/mol. The summed E-state index contributed by atoms with van der Waals surface area (Å²) >= 11 is 0. The third-order valence-corrected chi connectivity index (χ3v) is 8.06. The molecular formula is C23H19NO5S2. The van der Waals surface area contributed by atoms with E-state index < -0.39 is 25.6 Å². The summed E-state index contributed by atoms with van der Waals surface area (Å²) in [6, 6.07) is 21.6. The van der Waals surface area contributed by atoms with Gasteiger partial charge in [0.25, 0.3) is 10.0 Å². The van der Waals surface area contributed by atoms with E-state index in [0.29, 0.717) is 5.39 Å². The monoisotopic (exact) mass is 453 g/mol. The molecule has 0 saturated heterocycles. The van der Waals surface area contributed by atoms with E-state index >= 15 is 0 Å². The van der Waals surface area contributed by atoms with E-state index in [9.17, 15) is 21.9 Å². The lowest BCUT2D eigenvalue weighted by atomic mass is 10.1. The van der Waals surface area contributed by atoms with Crippen LogP contribution >= 0.6 is 0 Å². The first-order valence-electron chi connectivity index (χ1n) is 9.34. The Morgan fingerprint density at radius 1 is 0.710 bits per heavy atom. The second-order valence-electron chi connectivity index (χ2n) is 7.05. The third-order valence-electron chi connectivity index (χ3n) is 4.90. The van der Waals surface area contributed by atoms with Gasteiger partial charge >= 0.3 is 0 Å². The molecular weight excluding hydrogens is 434 g/mol. The van der Waals surface area contributed by atoms with Gasteiger partial charge in [0, 0.05) is 10.8 Å². The smallest absolute Gasteiger partial charge is 0.261 e. The van der Waals surface area contributed by atoms with Gasteiger partial charge in [0.15, 0.2) is 0 Å². The Labute approximate surface area is 180 Å². The highest BCUT2D eigenvalue weighted by Crippen LogP contribution is 2.40. The molecule has 8 heteroatoms. The van der Waals surface area contributed by atoms with Gasteiger partial charge in [-0.2, -0.15) is 0 Å². The zero-order valence-corrected chi connectivity index (χ0v) is 18.1. The summed E-state index contributed by atoms with van der Waals surface area (Å²) in [5, 5.41) is 11.4. The number of benzene rings is 4. The zero-order valence-electron chi connectivity index (χ0n) is 16.5. The Hall–Kier alpha value is -3.36. The summed E-state index contributed by atoms with van der Waals surface area (Å²) in [6.45, 7) is 1.83. The molecule has 0 fully saturated rings. The highest BCUT2D eigenvalue weighted by Gasteiger charge is 2.26. The van der Waals surface area contributed by atoms with Crippen molar-refractivity contribution >= 4 is 36.3 Å². The Morgan fingerprint density at radius 3 is 1.94 bits per heavy atom. The number of aryl methyl sites for hydroxylation is 1. The van der Waals surface area contributed by atoms with Gasteiger partial charge in [-0.3, -0.25) is 4.72 Å². The van der Waals surface area contributed by atoms with E-state index in [2.05, 4.69) is 4.72 Å². The third kappa shape index (κ3) is 3.87. The molecule has 0 aliphatic carbocycles. The fourth-order valence-electron chi connectivity index (χ4n) is 3.27. The maximum absolute atomic E-state index is 13.3. The molecule has 0 atom stereocenters. The number of fused-ring (bicyclic) bond motifs is 1. The van der Waals surface area contributed by atoms with Crippen LogP contribution in [0.2, 0.25) is 0 Å². The van der Waals surface area contributed by atoms with Gasteiger partial charge in [-0.1, -0.05) is 60.2 Å². The molecule has 0 aromatic heterocycles. The van der Waals surface area contributed by atoms with E-state index in [0.717, 1.165) is 11.6 Å². The number of phenolic OH excluding ortho intramolecular Hbond substituents is 1. The van der Waals surface area contributed by atoms with Crippen molar-refractivity contribution in [3.05, 3.63) is 90.5 Å². The Balaban J connectivity index is 1.93. The van der Waals surface area contributed by atoms with Crippen molar-refractivity contribution in [1.29, 1.82) is 0 Å². The number of aromatic hydroxyl groups is 1. The van der Waals surface area contributed by atoms with Crippen LogP contribution in [0, 0.1) is 6.92 Å². The van der Waals surface area contributed by atoms with Crippen LogP contribution < -0.4 is 4.72 Å². The van der Waals surface area contributed by atoms with E-state index in [4.69, 9.17) is 0 Å². The lowest BCUT2D eigenvalue weighted by Crippen LogP contribution is -2.14. The number of rotatable bonds is 5. The molecule has 0 spiro atoms. The first-order chi connectivity index (χ1) is 14.7. The second-order valence-corrected chi connectivity index (χ2v) is 10.7. The van der Waals surface area contributed by atoms with Crippen LogP contribution in [0.1, 0.15) is 5.56 Å². The minimum atomic E-state index is -4.11. The number of hydrogen-bond donors (Lipinski definition) is 2. The molecule has 31 heavy (non-hydrogen) atoms. The summed E-state index contributed by atoms with van der Waals surface area (Å²) in [5.41, 5.74) is 0.945. The number of hydrogen-bond acceptors (Lipinski definition) is 5. The van der Waals surface area contributed by atoms with Crippen LogP contribution in [0.25, 0.3) is 10.8 Å². The average molecular weight is 454 g/mol. The van der Waals surface area contributed by atoms with Crippen molar-refractivity contribution in [1.82, 2.24) is 0 Å². The molecule has 0 heterocycles. The highest BCUT2D eigenvalue weighted by molar-refractivity contribution is 7.93. The molecule has 0 amide bonds. The molecule has 0 bridgehead atoms. The van der Waals surface area contributed by atoms with E-state index in [1.54, 1.807) is 54.6 Å². The van der Waals surface area contributed by atoms with Gasteiger partial charge < -0.3 is 5.11 Å². The molecule has 4 rings (SSSR count). The van der Waals surface area contributed by atoms with Gasteiger partial charge in [0.05, 0.1) is 15.5 Å². The molecule has 4 aromatic rings. The standard InChI is InChI=1S/C23H19NO5S2/c1-16-11-13-17(14-12-16)30(26,27)22-15-21(19-9-5-6-10-20(19)23(22)25)24-31(28,29)18-7-3-2-4-8-18/h2-15,24-25H,1H3. The molecule has 0 aliphatic rings. The number of sulfone groups is 1. The van der Waals surface area contributed by atoms with Gasteiger partial charge in [-0.15, -0.1) is 0 Å². The number of phenols is 1. The first kappa shape index (κ1) is 20.9. The molecule has 4 aromatic carbocycles. The minimum absolute atomic E-state index is 0.000507. The van der Waals surface area contributed by atoms with Gasteiger partial charge in [0.2, 0.25) is 9.84 Å². The molecule has 0 unspecified atom stereocenters. The lowest BCUT2D eigenvalue weighted by molar-refractivity contribution is 0.465. The normalized spacial score (nSPS) is 12.0. The Kier molecular flexibility index (Phi) is 5.20. The van der Waals surface area contributed by atoms with E-state index in [1.807, 2.05) is 6.92 Å². The summed E-state index contributed by atoms with van der Waals surface area (Å²) < 4.78 is 54.7. The summed E-state index contributed by atoms with van der Waals surface area (Å²) in [7, 11) is -8.08. The fourth-order valence-corrected chi connectivity index (χ4v) is 5.75. The number of nitrogens with one attached hydrogen (secondary N) is 1. The summed E-state index contributed by atoms with van der Waals surface area (Å²) in [6.07, 6.45) is 0. The van der Waals surface area contributed by atoms with Crippen LogP contribution in [0.5, 0.6) is 5.75 Å². The molecule has 0 saturated carbocycles. The maximum atomic E-state index is 13.3. The molecule has 2 N–H and O–H groups in total. The van der Waals surface area contributed by atoms with Crippen molar-refractivity contribution in [2.75, 3.05) is 4.72 Å². The largest absolute Gasteiger partial charge is 0.506 e. The molecule has 0 aliphatic heterocycles. The van der Waals surface area contributed by atoms with Gasteiger partial charge in [-0.25, -0.2) is 16.8 Å². The van der Waals surface area contributed by atoms with Crippen LogP contribution in [0.15, 0.2) is 99.6 Å². The van der Waals surface area contributed by atoms with Gasteiger partial charge in [-0.05, 0) is 37.3 Å². The maximum Gasteiger partial charge on any atom is 0.261 e. The van der Waals surface area contributed by atoms with Crippen molar-refractivity contribution in [3.63, 3.8) is 0 Å². The Bertz CT molecular complexity index is 1480. The van der Waals surface area contributed by atoms with Crippen LogP contribution in [0.3, 0.4) is 0 Å². The van der Waals surface area contributed by atoms with Gasteiger partial charge in [0.1, 0.15) is 10.6 Å². The van der Waals surface area contributed by atoms with Crippen LogP contribution in [0.4, 0.5) is 5.69 Å². The topological polar surface area (TPSA) is 101 Å². The van der Waals surface area contributed by atoms with Crippen molar-refractivity contribution in [2.45, 2.75) is 21.6 Å². The number of anilines is 1. The Morgan fingerprint density at radius 2 is 1.29 bits per heavy atom. The SMILES string of the molecule is Cc1ccc(S(=O)(=O)c2cc(NS(=O)(=O)c3ccccc3)c3ccccc3c2O)cc1. The van der Waals surface area contributed by atoms with Crippen molar-refractivity contribution < 1.29 is 21.9 Å². The average Bonchev–Trinajstić information content (AvgIpc) is 2.76. The molecule has 6 nitrogen and oxygen atoms in total. The van der Waals surface area contributed by atoms with Crippen LogP contribution in [-0.4, -0.2) is 21.9 Å². The summed E-state index contributed by atoms with van der Waals surface area (Å²) in [5.74, 6) is -0.432. The molecule has 0 radical (unpaired) electrons. The summed E-state index contributed by atoms with van der Waals surface area (Å²) in [4.78, 5) is -0.337. The van der Waals surface area contributed by atoms with E-state index in [-0.39, 0.29) is 25.8 Å². The first-order valence-corrected chi connectivity index (χ1v) is 12.3. The van der Waals surface area contributed by atoms with Crippen molar-refractivity contribution in [2.24, 2.45) is 0 Å². The fraction of sp³-hybridized carbons (Fsp3) is 0.0435. The molecule has 158 valence electrons. The minimum Gasteiger partial charge on any atom is -0.506 e. The zero-order chi connectivity index (χ0) is 22.2. The second kappa shape index (κ2) is 7.72. The number of sulfonamides is 1. The highest BCUT2D eigenvalue weighted by atomic mass is 32.2. The van der Waals surface area contributed by atoms with Crippen molar-refractivity contribution in [3.8, 4) is 5.75 Å². The van der Waals surface area contributed by atoms with E-state index in [1.165, 1.54) is 24.3 Å².